The molecule has 7 nitrogen and oxygen atoms in total. The van der Waals surface area contributed by atoms with E-state index < -0.39 is 51.7 Å². The van der Waals surface area contributed by atoms with Crippen molar-refractivity contribution >= 4 is 27.1 Å². The van der Waals surface area contributed by atoms with Gasteiger partial charge in [0, 0.05) is 17.3 Å². The number of nitrogens with zero attached hydrogens (tertiary/aromatic N) is 3. The van der Waals surface area contributed by atoms with Crippen LogP contribution in [0.2, 0.25) is 0 Å². The van der Waals surface area contributed by atoms with Crippen molar-refractivity contribution in [2.45, 2.75) is 17.2 Å². The van der Waals surface area contributed by atoms with E-state index in [2.05, 4.69) is 10.1 Å². The first-order valence-electron chi connectivity index (χ1n) is 10.5. The van der Waals surface area contributed by atoms with Crippen LogP contribution in [0, 0.1) is 0 Å². The molecule has 0 bridgehead atoms. The first kappa shape index (κ1) is 27.3. The average molecular weight is 575 g/mol. The smallest absolute Gasteiger partial charge is 0.342 e. The lowest BCUT2D eigenvalue weighted by atomic mass is 10.2. The molecule has 0 radical (unpaired) electrons. The summed E-state index contributed by atoms with van der Waals surface area (Å²) in [6, 6.07) is 12.0. The van der Waals surface area contributed by atoms with Gasteiger partial charge in [0.15, 0.2) is 21.3 Å². The third-order valence-electron chi connectivity index (χ3n) is 5.09. The highest BCUT2D eigenvalue weighted by Crippen LogP contribution is 2.38. The first-order chi connectivity index (χ1) is 17.6. The van der Waals surface area contributed by atoms with E-state index in [1.807, 2.05) is 0 Å². The fourth-order valence-corrected chi connectivity index (χ4v) is 5.07. The van der Waals surface area contributed by atoms with Crippen LogP contribution in [0.5, 0.6) is 0 Å². The Balaban J connectivity index is 1.83. The number of rotatable bonds is 6. The van der Waals surface area contributed by atoms with Crippen molar-refractivity contribution in [3.8, 4) is 26.8 Å². The molecule has 38 heavy (non-hydrogen) atoms. The zero-order chi connectivity index (χ0) is 27.9. The molecular formula is C23H16F6N4O3S2. The van der Waals surface area contributed by atoms with Crippen LogP contribution in [0.25, 0.3) is 26.8 Å². The van der Waals surface area contributed by atoms with E-state index >= 15 is 0 Å². The third-order valence-corrected chi connectivity index (χ3v) is 7.36. The van der Waals surface area contributed by atoms with E-state index in [0.717, 1.165) is 46.7 Å². The highest BCUT2D eigenvalue weighted by atomic mass is 32.2. The maximum atomic E-state index is 13.7. The molecule has 4 aromatic rings. The van der Waals surface area contributed by atoms with Crippen LogP contribution in [-0.2, 0) is 16.0 Å². The van der Waals surface area contributed by atoms with Gasteiger partial charge in [-0.1, -0.05) is 12.1 Å². The minimum Gasteiger partial charge on any atom is -0.342 e. The number of nitrogens with one attached hydrogen (secondary N) is 1. The van der Waals surface area contributed by atoms with E-state index in [9.17, 15) is 39.6 Å². The molecule has 0 unspecified atom stereocenters. The number of halogens is 6. The van der Waals surface area contributed by atoms with Gasteiger partial charge < -0.3 is 5.32 Å². The van der Waals surface area contributed by atoms with Crippen LogP contribution in [0.4, 0.5) is 26.3 Å². The standard InChI is InChI=1S/C23H16F6N4O3S2/c1-38(35,36)14-5-2-4-13(10-14)18-7-8-19(37-18)17-11-16(21(34)31-12-22(24,25)26)32-33(17)20-15(23(27,28)29)6-3-9-30-20/h2-11H,12H2,1H3,(H,31,34). The molecule has 200 valence electrons. The monoisotopic (exact) mass is 574 g/mol. The zero-order valence-corrected chi connectivity index (χ0v) is 20.8. The second-order valence-electron chi connectivity index (χ2n) is 7.96. The number of amides is 1. The Labute approximate surface area is 215 Å². The van der Waals surface area contributed by atoms with E-state index in [1.54, 1.807) is 17.4 Å². The van der Waals surface area contributed by atoms with Crippen LogP contribution < -0.4 is 5.32 Å². The highest BCUT2D eigenvalue weighted by Gasteiger charge is 2.36. The number of carbonyl (C=O) groups is 1. The number of thiophene rings is 1. The van der Waals surface area contributed by atoms with Crippen LogP contribution in [0.3, 0.4) is 0 Å². The number of benzene rings is 1. The quantitative estimate of drug-likeness (QED) is 0.312. The highest BCUT2D eigenvalue weighted by molar-refractivity contribution is 7.90. The molecule has 0 atom stereocenters. The number of aromatic nitrogens is 3. The number of sulfone groups is 1. The Kier molecular flexibility index (Phi) is 7.09. The van der Waals surface area contributed by atoms with Gasteiger partial charge in [-0.05, 0) is 48.0 Å². The van der Waals surface area contributed by atoms with Gasteiger partial charge in [0.25, 0.3) is 5.91 Å². The Morgan fingerprint density at radius 2 is 1.71 bits per heavy atom. The summed E-state index contributed by atoms with van der Waals surface area (Å²) in [6.45, 7) is -1.66. The molecule has 1 amide bonds. The Hall–Kier alpha value is -3.72. The number of alkyl halides is 6. The van der Waals surface area contributed by atoms with Crippen molar-refractivity contribution in [2.75, 3.05) is 12.8 Å². The number of hydrogen-bond donors (Lipinski definition) is 1. The van der Waals surface area contributed by atoms with E-state index in [-0.39, 0.29) is 10.6 Å². The lowest BCUT2D eigenvalue weighted by Crippen LogP contribution is -2.34. The fraction of sp³-hybridized carbons (Fsp3) is 0.174. The van der Waals surface area contributed by atoms with Crippen LogP contribution >= 0.6 is 11.3 Å². The van der Waals surface area contributed by atoms with Gasteiger partial charge in [-0.3, -0.25) is 4.79 Å². The van der Waals surface area contributed by atoms with Gasteiger partial charge in [0.05, 0.1) is 15.5 Å². The summed E-state index contributed by atoms with van der Waals surface area (Å²) < 4.78 is 103. The Morgan fingerprint density at radius 1 is 1.00 bits per heavy atom. The molecule has 3 aromatic heterocycles. The topological polar surface area (TPSA) is 94.0 Å². The van der Waals surface area contributed by atoms with Crippen molar-refractivity contribution < 1.29 is 39.6 Å². The maximum absolute atomic E-state index is 13.7. The summed E-state index contributed by atoms with van der Waals surface area (Å²) in [6.07, 6.45) is -7.44. The molecule has 4 rings (SSSR count). The van der Waals surface area contributed by atoms with Gasteiger partial charge in [-0.25, -0.2) is 18.1 Å². The minimum atomic E-state index is -4.85. The summed E-state index contributed by atoms with van der Waals surface area (Å²) in [4.78, 5) is 17.0. The summed E-state index contributed by atoms with van der Waals surface area (Å²) in [5.41, 5.74) is -1.27. The van der Waals surface area contributed by atoms with Crippen LogP contribution in [-0.4, -0.2) is 48.1 Å². The minimum absolute atomic E-state index is 0.0399. The Bertz CT molecular complexity index is 1610. The first-order valence-corrected chi connectivity index (χ1v) is 13.2. The largest absolute Gasteiger partial charge is 0.420 e. The van der Waals surface area contributed by atoms with Gasteiger partial charge in [-0.2, -0.15) is 31.4 Å². The van der Waals surface area contributed by atoms with Crippen molar-refractivity contribution in [3.63, 3.8) is 0 Å². The van der Waals surface area contributed by atoms with Crippen LogP contribution in [0.1, 0.15) is 16.1 Å². The van der Waals surface area contributed by atoms with Gasteiger partial charge in [0.2, 0.25) is 0 Å². The summed E-state index contributed by atoms with van der Waals surface area (Å²) >= 11 is 1.05. The molecule has 0 fully saturated rings. The average Bonchev–Trinajstić information content (AvgIpc) is 3.49. The number of hydrogen-bond acceptors (Lipinski definition) is 6. The van der Waals surface area contributed by atoms with Crippen molar-refractivity contribution in [2.24, 2.45) is 0 Å². The van der Waals surface area contributed by atoms with Crippen molar-refractivity contribution in [3.05, 3.63) is 72.1 Å². The molecule has 15 heteroatoms. The summed E-state index contributed by atoms with van der Waals surface area (Å²) in [7, 11) is -3.51. The molecule has 0 saturated carbocycles. The van der Waals surface area contributed by atoms with Gasteiger partial charge in [-0.15, -0.1) is 11.3 Å². The normalized spacial score (nSPS) is 12.5. The third kappa shape index (κ3) is 6.05. The lowest BCUT2D eigenvalue weighted by molar-refractivity contribution is -0.137. The zero-order valence-electron chi connectivity index (χ0n) is 19.1. The lowest BCUT2D eigenvalue weighted by Gasteiger charge is -2.13. The predicted molar refractivity (Wildman–Crippen MR) is 127 cm³/mol. The second kappa shape index (κ2) is 9.87. The predicted octanol–water partition coefficient (Wildman–Crippen LogP) is 5.38. The molecule has 0 aliphatic heterocycles. The molecule has 0 aliphatic carbocycles. The van der Waals surface area contributed by atoms with E-state index in [1.165, 1.54) is 24.3 Å². The molecule has 1 N–H and O–H groups in total. The second-order valence-corrected chi connectivity index (χ2v) is 11.1. The molecule has 3 heterocycles. The number of pyridine rings is 1. The van der Waals surface area contributed by atoms with E-state index in [4.69, 9.17) is 0 Å². The van der Waals surface area contributed by atoms with Crippen LogP contribution in [0.15, 0.2) is 65.7 Å². The van der Waals surface area contributed by atoms with Crippen molar-refractivity contribution in [1.82, 2.24) is 20.1 Å². The molecule has 0 saturated heterocycles. The van der Waals surface area contributed by atoms with Gasteiger partial charge in [0.1, 0.15) is 12.1 Å². The fourth-order valence-electron chi connectivity index (χ4n) is 3.40. The summed E-state index contributed by atoms with van der Waals surface area (Å²) in [5, 5.41) is 5.50. The molecular weight excluding hydrogens is 558 g/mol. The molecule has 1 aromatic carbocycles. The maximum Gasteiger partial charge on any atom is 0.420 e. The molecule has 0 spiro atoms. The van der Waals surface area contributed by atoms with E-state index in [0.29, 0.717) is 15.3 Å². The summed E-state index contributed by atoms with van der Waals surface area (Å²) in [5.74, 6) is -1.93. The van der Waals surface area contributed by atoms with Gasteiger partial charge >= 0.3 is 12.4 Å². The molecule has 0 aliphatic rings. The Morgan fingerprint density at radius 3 is 2.37 bits per heavy atom. The number of carbonyl (C=O) groups excluding carboxylic acids is 1. The SMILES string of the molecule is CS(=O)(=O)c1cccc(-c2ccc(-c3cc(C(=O)NCC(F)(F)F)nn3-c3ncccc3C(F)(F)F)s2)c1. The van der Waals surface area contributed by atoms with Crippen molar-refractivity contribution in [1.29, 1.82) is 0 Å².